The number of hydrogen-bond acceptors (Lipinski definition) is 3. The molecule has 1 heterocycles. The Labute approximate surface area is 92.4 Å². The molecule has 1 aromatic carbocycles. The molecular formula is C12H9NOS. The first kappa shape index (κ1) is 9.75. The second kappa shape index (κ2) is 4.16. The number of thiophene rings is 1. The summed E-state index contributed by atoms with van der Waals surface area (Å²) in [5, 5.41) is 10.8. The summed E-state index contributed by atoms with van der Waals surface area (Å²) in [6.07, 6.45) is 0. The van der Waals surface area contributed by atoms with Crippen LogP contribution in [-0.4, -0.2) is 7.11 Å². The molecule has 2 nitrogen and oxygen atoms in total. The minimum Gasteiger partial charge on any atom is -0.497 e. The van der Waals surface area contributed by atoms with Crippen LogP contribution in [-0.2, 0) is 0 Å². The fourth-order valence-corrected chi connectivity index (χ4v) is 2.22. The molecule has 1 aromatic heterocycles. The normalized spacial score (nSPS) is 9.60. The summed E-state index contributed by atoms with van der Waals surface area (Å²) in [5.41, 5.74) is 1.78. The summed E-state index contributed by atoms with van der Waals surface area (Å²) in [6, 6.07) is 11.7. The van der Waals surface area contributed by atoms with Gasteiger partial charge in [-0.15, -0.1) is 11.3 Å². The van der Waals surface area contributed by atoms with E-state index in [0.717, 1.165) is 21.8 Å². The lowest BCUT2D eigenvalue weighted by Gasteiger charge is -2.01. The predicted molar refractivity (Wildman–Crippen MR) is 61.0 cm³/mol. The molecule has 2 aromatic rings. The molecule has 15 heavy (non-hydrogen) atoms. The van der Waals surface area contributed by atoms with Gasteiger partial charge in [-0.1, -0.05) is 0 Å². The average Bonchev–Trinajstić information content (AvgIpc) is 2.77. The molecule has 0 unspecified atom stereocenters. The Morgan fingerprint density at radius 3 is 2.53 bits per heavy atom. The van der Waals surface area contributed by atoms with Crippen molar-refractivity contribution in [2.45, 2.75) is 0 Å². The first-order valence-corrected chi connectivity index (χ1v) is 5.35. The third-order valence-electron chi connectivity index (χ3n) is 2.14. The molecule has 0 amide bonds. The van der Waals surface area contributed by atoms with Gasteiger partial charge in [-0.2, -0.15) is 5.26 Å². The van der Waals surface area contributed by atoms with Crippen LogP contribution in [0.5, 0.6) is 5.75 Å². The van der Waals surface area contributed by atoms with E-state index in [2.05, 4.69) is 6.07 Å². The molecule has 0 aliphatic rings. The van der Waals surface area contributed by atoms with Crippen LogP contribution in [0.3, 0.4) is 0 Å². The Kier molecular flexibility index (Phi) is 2.70. The first-order valence-electron chi connectivity index (χ1n) is 4.47. The molecule has 2 rings (SSSR count). The minimum absolute atomic E-state index is 0.727. The molecular weight excluding hydrogens is 206 g/mol. The van der Waals surface area contributed by atoms with Gasteiger partial charge in [0.05, 0.1) is 17.6 Å². The number of nitrogens with zero attached hydrogens (tertiary/aromatic N) is 1. The molecule has 0 radical (unpaired) electrons. The first-order chi connectivity index (χ1) is 7.35. The maximum absolute atomic E-state index is 8.90. The topological polar surface area (TPSA) is 33.0 Å². The molecule has 0 saturated carbocycles. The largest absolute Gasteiger partial charge is 0.497 e. The van der Waals surface area contributed by atoms with Gasteiger partial charge >= 0.3 is 0 Å². The van der Waals surface area contributed by atoms with E-state index in [-0.39, 0.29) is 0 Å². The summed E-state index contributed by atoms with van der Waals surface area (Å²) in [5.74, 6) is 0.828. The Balaban J connectivity index is 2.42. The van der Waals surface area contributed by atoms with Crippen LogP contribution >= 0.6 is 11.3 Å². The number of hydrogen-bond donors (Lipinski definition) is 0. The molecule has 0 aliphatic heterocycles. The maximum atomic E-state index is 8.90. The monoisotopic (exact) mass is 215 g/mol. The van der Waals surface area contributed by atoms with Crippen molar-refractivity contribution < 1.29 is 4.74 Å². The zero-order chi connectivity index (χ0) is 10.7. The number of nitriles is 1. The fourth-order valence-electron chi connectivity index (χ4n) is 1.36. The number of ether oxygens (including phenoxy) is 1. The third kappa shape index (κ3) is 1.85. The predicted octanol–water partition coefficient (Wildman–Crippen LogP) is 3.30. The van der Waals surface area contributed by atoms with Crippen LogP contribution in [0.25, 0.3) is 10.4 Å². The fraction of sp³-hybridized carbons (Fsp3) is 0.0833. The Bertz CT molecular complexity index is 493. The lowest BCUT2D eigenvalue weighted by Crippen LogP contribution is -1.82. The highest BCUT2D eigenvalue weighted by atomic mass is 32.1. The van der Waals surface area contributed by atoms with Gasteiger partial charge in [-0.3, -0.25) is 0 Å². The van der Waals surface area contributed by atoms with Gasteiger partial charge < -0.3 is 4.74 Å². The third-order valence-corrected chi connectivity index (χ3v) is 3.10. The van der Waals surface area contributed by atoms with E-state index in [1.807, 2.05) is 35.7 Å². The molecule has 0 atom stereocenters. The van der Waals surface area contributed by atoms with Crippen molar-refractivity contribution >= 4 is 11.3 Å². The second-order valence-electron chi connectivity index (χ2n) is 3.00. The molecule has 0 spiro atoms. The van der Waals surface area contributed by atoms with Crippen LogP contribution in [0, 0.1) is 11.3 Å². The summed E-state index contributed by atoms with van der Waals surface area (Å²) in [6.45, 7) is 0. The smallest absolute Gasteiger partial charge is 0.118 e. The van der Waals surface area contributed by atoms with Crippen molar-refractivity contribution in [1.82, 2.24) is 0 Å². The van der Waals surface area contributed by atoms with E-state index >= 15 is 0 Å². The maximum Gasteiger partial charge on any atom is 0.118 e. The van der Waals surface area contributed by atoms with E-state index in [9.17, 15) is 0 Å². The molecule has 3 heteroatoms. The Morgan fingerprint density at radius 1 is 1.20 bits per heavy atom. The zero-order valence-corrected chi connectivity index (χ0v) is 9.04. The van der Waals surface area contributed by atoms with Crippen molar-refractivity contribution in [3.05, 3.63) is 41.3 Å². The summed E-state index contributed by atoms with van der Waals surface area (Å²) < 4.78 is 5.08. The van der Waals surface area contributed by atoms with Crippen LogP contribution in [0.1, 0.15) is 5.56 Å². The van der Waals surface area contributed by atoms with Crippen LogP contribution in [0.15, 0.2) is 35.7 Å². The van der Waals surface area contributed by atoms with Crippen molar-refractivity contribution in [2.75, 3.05) is 7.11 Å². The number of methoxy groups -OCH3 is 1. The number of benzene rings is 1. The van der Waals surface area contributed by atoms with Crippen molar-refractivity contribution in [3.63, 3.8) is 0 Å². The molecule has 0 fully saturated rings. The molecule has 0 saturated heterocycles. The van der Waals surface area contributed by atoms with Crippen LogP contribution < -0.4 is 4.74 Å². The standard InChI is InChI=1S/C12H9NOS/c1-14-11-4-2-9(3-5-11)12-10(8-13)6-7-15-12/h2-7H,1H3. The highest BCUT2D eigenvalue weighted by Crippen LogP contribution is 2.30. The van der Waals surface area contributed by atoms with Gasteiger partial charge in [0.1, 0.15) is 11.8 Å². The Morgan fingerprint density at radius 2 is 1.93 bits per heavy atom. The van der Waals surface area contributed by atoms with Gasteiger partial charge in [-0.05, 0) is 41.3 Å². The van der Waals surface area contributed by atoms with Crippen molar-refractivity contribution in [3.8, 4) is 22.3 Å². The molecule has 0 N–H and O–H groups in total. The van der Waals surface area contributed by atoms with Gasteiger partial charge in [0, 0.05) is 0 Å². The van der Waals surface area contributed by atoms with Gasteiger partial charge in [-0.25, -0.2) is 0 Å². The number of rotatable bonds is 2. The van der Waals surface area contributed by atoms with Crippen LogP contribution in [0.4, 0.5) is 0 Å². The Hall–Kier alpha value is -1.79. The van der Waals surface area contributed by atoms with E-state index in [1.165, 1.54) is 0 Å². The summed E-state index contributed by atoms with van der Waals surface area (Å²) in [4.78, 5) is 1.01. The molecule has 0 aliphatic carbocycles. The van der Waals surface area contributed by atoms with Gasteiger partial charge in [0.25, 0.3) is 0 Å². The second-order valence-corrected chi connectivity index (χ2v) is 3.92. The average molecular weight is 215 g/mol. The lowest BCUT2D eigenvalue weighted by atomic mass is 10.1. The SMILES string of the molecule is COc1ccc(-c2sccc2C#N)cc1. The summed E-state index contributed by atoms with van der Waals surface area (Å²) >= 11 is 1.58. The summed E-state index contributed by atoms with van der Waals surface area (Å²) in [7, 11) is 1.64. The van der Waals surface area contributed by atoms with E-state index in [4.69, 9.17) is 10.00 Å². The lowest BCUT2D eigenvalue weighted by molar-refractivity contribution is 0.415. The van der Waals surface area contributed by atoms with Gasteiger partial charge in [0.2, 0.25) is 0 Å². The van der Waals surface area contributed by atoms with E-state index in [0.29, 0.717) is 0 Å². The van der Waals surface area contributed by atoms with E-state index < -0.39 is 0 Å². The highest BCUT2D eigenvalue weighted by Gasteiger charge is 2.05. The van der Waals surface area contributed by atoms with E-state index in [1.54, 1.807) is 18.4 Å². The minimum atomic E-state index is 0.727. The zero-order valence-electron chi connectivity index (χ0n) is 8.23. The van der Waals surface area contributed by atoms with Crippen LogP contribution in [0.2, 0.25) is 0 Å². The van der Waals surface area contributed by atoms with Crippen molar-refractivity contribution in [2.24, 2.45) is 0 Å². The van der Waals surface area contributed by atoms with Gasteiger partial charge in [0.15, 0.2) is 0 Å². The quantitative estimate of drug-likeness (QED) is 0.770. The molecule has 0 bridgehead atoms. The van der Waals surface area contributed by atoms with Crippen molar-refractivity contribution in [1.29, 1.82) is 5.26 Å². The molecule has 74 valence electrons. The highest BCUT2D eigenvalue weighted by molar-refractivity contribution is 7.13.